The second-order valence-corrected chi connectivity index (χ2v) is 5.85. The van der Waals surface area contributed by atoms with Crippen molar-refractivity contribution in [1.29, 1.82) is 0 Å². The first-order valence-electron chi connectivity index (χ1n) is 7.57. The zero-order valence-electron chi connectivity index (χ0n) is 12.7. The summed E-state index contributed by atoms with van der Waals surface area (Å²) in [7, 11) is 2.02. The smallest absolute Gasteiger partial charge is 0.213 e. The molecule has 1 atom stereocenters. The molecule has 0 fully saturated rings. The monoisotopic (exact) mass is 282 g/mol. The molecule has 0 bridgehead atoms. The third-order valence-corrected chi connectivity index (χ3v) is 4.41. The SMILES string of the molecule is CNC1(C)CCCc2nc(OCc3ccccc3)ccc21. The molecule has 0 radical (unpaired) electrons. The highest BCUT2D eigenvalue weighted by Gasteiger charge is 2.31. The Labute approximate surface area is 126 Å². The Bertz CT molecular complexity index is 612. The van der Waals surface area contributed by atoms with Crippen LogP contribution < -0.4 is 10.1 Å². The highest BCUT2D eigenvalue weighted by atomic mass is 16.5. The van der Waals surface area contributed by atoms with Gasteiger partial charge in [-0.15, -0.1) is 0 Å². The number of pyridine rings is 1. The summed E-state index contributed by atoms with van der Waals surface area (Å²) in [5.41, 5.74) is 3.68. The van der Waals surface area contributed by atoms with Crippen LogP contribution in [0.3, 0.4) is 0 Å². The molecule has 0 amide bonds. The van der Waals surface area contributed by atoms with E-state index in [9.17, 15) is 0 Å². The van der Waals surface area contributed by atoms with Crippen LogP contribution in [0.4, 0.5) is 0 Å². The van der Waals surface area contributed by atoms with E-state index in [-0.39, 0.29) is 5.54 Å². The van der Waals surface area contributed by atoms with Gasteiger partial charge in [-0.2, -0.15) is 0 Å². The predicted octanol–water partition coefficient (Wildman–Crippen LogP) is 3.43. The van der Waals surface area contributed by atoms with E-state index in [2.05, 4.69) is 30.4 Å². The van der Waals surface area contributed by atoms with E-state index in [1.54, 1.807) is 0 Å². The van der Waals surface area contributed by atoms with Gasteiger partial charge >= 0.3 is 0 Å². The highest BCUT2D eigenvalue weighted by Crippen LogP contribution is 2.34. The van der Waals surface area contributed by atoms with Crippen LogP contribution >= 0.6 is 0 Å². The average Bonchev–Trinajstić information content (AvgIpc) is 2.54. The summed E-state index contributed by atoms with van der Waals surface area (Å²) in [4.78, 5) is 4.71. The zero-order chi connectivity index (χ0) is 14.7. The minimum Gasteiger partial charge on any atom is -0.473 e. The molecule has 1 aromatic heterocycles. The lowest BCUT2D eigenvalue weighted by Crippen LogP contribution is -2.40. The van der Waals surface area contributed by atoms with Crippen LogP contribution in [0.15, 0.2) is 42.5 Å². The number of fused-ring (bicyclic) bond motifs is 1. The minimum absolute atomic E-state index is 0.0402. The summed E-state index contributed by atoms with van der Waals surface area (Å²) < 4.78 is 5.83. The van der Waals surface area contributed by atoms with Crippen molar-refractivity contribution >= 4 is 0 Å². The Kier molecular flexibility index (Phi) is 3.93. The van der Waals surface area contributed by atoms with Crippen LogP contribution in [0.2, 0.25) is 0 Å². The van der Waals surface area contributed by atoms with E-state index < -0.39 is 0 Å². The number of hydrogen-bond donors (Lipinski definition) is 1. The summed E-state index contributed by atoms with van der Waals surface area (Å²) in [6.07, 6.45) is 3.36. The van der Waals surface area contributed by atoms with Gasteiger partial charge in [-0.3, -0.25) is 0 Å². The molecule has 0 saturated heterocycles. The molecule has 3 heteroatoms. The Morgan fingerprint density at radius 2 is 2.00 bits per heavy atom. The van der Waals surface area contributed by atoms with Gasteiger partial charge in [0.05, 0.1) is 0 Å². The number of aromatic nitrogens is 1. The van der Waals surface area contributed by atoms with Crippen LogP contribution in [0.25, 0.3) is 0 Å². The summed E-state index contributed by atoms with van der Waals surface area (Å²) >= 11 is 0. The van der Waals surface area contributed by atoms with Crippen LogP contribution in [-0.4, -0.2) is 12.0 Å². The minimum atomic E-state index is 0.0402. The summed E-state index contributed by atoms with van der Waals surface area (Å²) in [6, 6.07) is 14.3. The van der Waals surface area contributed by atoms with E-state index in [0.717, 1.165) is 24.3 Å². The first kappa shape index (κ1) is 14.1. The summed E-state index contributed by atoms with van der Waals surface area (Å²) in [5.74, 6) is 0.720. The normalized spacial score (nSPS) is 20.9. The maximum Gasteiger partial charge on any atom is 0.213 e. The molecule has 1 aliphatic rings. The number of rotatable bonds is 4. The molecule has 1 aromatic carbocycles. The lowest BCUT2D eigenvalue weighted by molar-refractivity contribution is 0.287. The van der Waals surface area contributed by atoms with Crippen molar-refractivity contribution in [2.75, 3.05) is 7.05 Å². The van der Waals surface area contributed by atoms with Gasteiger partial charge in [-0.1, -0.05) is 30.3 Å². The fourth-order valence-electron chi connectivity index (χ4n) is 2.99. The van der Waals surface area contributed by atoms with E-state index in [1.165, 1.54) is 17.7 Å². The predicted molar refractivity (Wildman–Crippen MR) is 84.4 cm³/mol. The first-order valence-corrected chi connectivity index (χ1v) is 7.57. The Morgan fingerprint density at radius 3 is 2.76 bits per heavy atom. The van der Waals surface area contributed by atoms with E-state index in [4.69, 9.17) is 9.72 Å². The molecule has 21 heavy (non-hydrogen) atoms. The maximum atomic E-state index is 5.83. The van der Waals surface area contributed by atoms with Crippen molar-refractivity contribution in [3.63, 3.8) is 0 Å². The molecule has 110 valence electrons. The van der Waals surface area contributed by atoms with Crippen LogP contribution in [0.5, 0.6) is 5.88 Å². The standard InChI is InChI=1S/C18H22N2O/c1-18(19-2)12-6-9-16-15(18)10-11-17(20-16)21-13-14-7-4-3-5-8-14/h3-5,7-8,10-11,19H,6,9,12-13H2,1-2H3. The third kappa shape index (κ3) is 2.93. The van der Waals surface area contributed by atoms with Crippen molar-refractivity contribution in [3.05, 3.63) is 59.3 Å². The van der Waals surface area contributed by atoms with Crippen molar-refractivity contribution < 1.29 is 4.74 Å². The van der Waals surface area contributed by atoms with Crippen molar-refractivity contribution in [3.8, 4) is 5.88 Å². The number of ether oxygens (including phenoxy) is 1. The number of aryl methyl sites for hydroxylation is 1. The van der Waals surface area contributed by atoms with Crippen molar-refractivity contribution in [1.82, 2.24) is 10.3 Å². The second-order valence-electron chi connectivity index (χ2n) is 5.85. The molecule has 1 aliphatic carbocycles. The van der Waals surface area contributed by atoms with Gasteiger partial charge in [0, 0.05) is 17.3 Å². The van der Waals surface area contributed by atoms with Crippen LogP contribution in [-0.2, 0) is 18.6 Å². The lowest BCUT2D eigenvalue weighted by Gasteiger charge is -2.35. The molecule has 1 heterocycles. The van der Waals surface area contributed by atoms with Gasteiger partial charge in [0.1, 0.15) is 6.61 Å². The molecule has 0 aliphatic heterocycles. The summed E-state index contributed by atoms with van der Waals surface area (Å²) in [6.45, 7) is 2.81. The lowest BCUT2D eigenvalue weighted by atomic mass is 9.80. The van der Waals surface area contributed by atoms with E-state index in [1.807, 2.05) is 31.3 Å². The van der Waals surface area contributed by atoms with Gasteiger partial charge in [-0.05, 0) is 50.4 Å². The van der Waals surface area contributed by atoms with Crippen LogP contribution in [0.1, 0.15) is 36.6 Å². The average molecular weight is 282 g/mol. The second kappa shape index (κ2) is 5.86. The molecule has 0 spiro atoms. The summed E-state index contributed by atoms with van der Waals surface area (Å²) in [5, 5.41) is 3.43. The van der Waals surface area contributed by atoms with Crippen molar-refractivity contribution in [2.24, 2.45) is 0 Å². The molecule has 3 rings (SSSR count). The topological polar surface area (TPSA) is 34.2 Å². The fourth-order valence-corrected chi connectivity index (χ4v) is 2.99. The van der Waals surface area contributed by atoms with Gasteiger partial charge < -0.3 is 10.1 Å². The third-order valence-electron chi connectivity index (χ3n) is 4.41. The number of benzene rings is 1. The molecule has 1 unspecified atom stereocenters. The number of hydrogen-bond acceptors (Lipinski definition) is 3. The Morgan fingerprint density at radius 1 is 1.19 bits per heavy atom. The molecule has 0 saturated carbocycles. The first-order chi connectivity index (χ1) is 10.2. The molecule has 2 aromatic rings. The van der Waals surface area contributed by atoms with Gasteiger partial charge in [-0.25, -0.2) is 4.98 Å². The van der Waals surface area contributed by atoms with E-state index in [0.29, 0.717) is 6.61 Å². The van der Waals surface area contributed by atoms with Gasteiger partial charge in [0.2, 0.25) is 5.88 Å². The van der Waals surface area contributed by atoms with Gasteiger partial charge in [0.15, 0.2) is 0 Å². The zero-order valence-corrected chi connectivity index (χ0v) is 12.7. The Balaban J connectivity index is 1.77. The van der Waals surface area contributed by atoms with E-state index >= 15 is 0 Å². The molecular formula is C18H22N2O. The maximum absolute atomic E-state index is 5.83. The quantitative estimate of drug-likeness (QED) is 0.933. The largest absolute Gasteiger partial charge is 0.473 e. The fraction of sp³-hybridized carbons (Fsp3) is 0.389. The van der Waals surface area contributed by atoms with Crippen LogP contribution in [0, 0.1) is 0 Å². The molecule has 1 N–H and O–H groups in total. The van der Waals surface area contributed by atoms with Crippen molar-refractivity contribution in [2.45, 2.75) is 38.3 Å². The number of nitrogens with zero attached hydrogens (tertiary/aromatic N) is 1. The Hall–Kier alpha value is -1.87. The number of nitrogens with one attached hydrogen (secondary N) is 1. The molecule has 3 nitrogen and oxygen atoms in total. The molecular weight excluding hydrogens is 260 g/mol. The van der Waals surface area contributed by atoms with Gasteiger partial charge in [0.25, 0.3) is 0 Å². The highest BCUT2D eigenvalue weighted by molar-refractivity contribution is 5.34.